The van der Waals surface area contributed by atoms with Gasteiger partial charge in [0.15, 0.2) is 0 Å². The second-order valence-electron chi connectivity index (χ2n) is 3.97. The van der Waals surface area contributed by atoms with E-state index in [-0.39, 0.29) is 18.8 Å². The van der Waals surface area contributed by atoms with E-state index in [0.29, 0.717) is 12.8 Å². The first kappa shape index (κ1) is 13.7. The lowest BCUT2D eigenvalue weighted by atomic mass is 10.1. The zero-order chi connectivity index (χ0) is 12.8. The maximum Gasteiger partial charge on any atom is 0.328 e. The fourth-order valence-corrected chi connectivity index (χ4v) is 1.74. The van der Waals surface area contributed by atoms with Gasteiger partial charge in [0.1, 0.15) is 0 Å². The van der Waals surface area contributed by atoms with Crippen molar-refractivity contribution in [1.29, 1.82) is 0 Å². The van der Waals surface area contributed by atoms with E-state index < -0.39 is 11.2 Å². The van der Waals surface area contributed by atoms with Crippen LogP contribution in [0.5, 0.6) is 0 Å². The number of aliphatic hydroxyl groups is 1. The molecule has 0 bridgehead atoms. The highest BCUT2D eigenvalue weighted by molar-refractivity contribution is 4.85. The molecule has 17 heavy (non-hydrogen) atoms. The lowest BCUT2D eigenvalue weighted by Crippen LogP contribution is -2.32. The predicted molar refractivity (Wildman–Crippen MR) is 63.2 cm³/mol. The first-order chi connectivity index (χ1) is 8.08. The van der Waals surface area contributed by atoms with Crippen LogP contribution in [0.2, 0.25) is 0 Å². The van der Waals surface area contributed by atoms with Crippen LogP contribution >= 0.6 is 0 Å². The standard InChI is InChI=1S/C11H18N2O4/c1-8(7-9(17-2)4-6-14)13-5-3-10(15)12-11(13)16/h3,5,8-9,14H,4,6-7H2,1-2H3,(H,12,15,16). The Hall–Kier alpha value is -1.40. The van der Waals surface area contributed by atoms with Gasteiger partial charge < -0.3 is 9.84 Å². The zero-order valence-electron chi connectivity index (χ0n) is 10.0. The molecule has 6 heteroatoms. The number of hydrogen-bond acceptors (Lipinski definition) is 4. The number of nitrogens with zero attached hydrogens (tertiary/aromatic N) is 1. The number of methoxy groups -OCH3 is 1. The van der Waals surface area contributed by atoms with E-state index in [1.54, 1.807) is 7.11 Å². The molecule has 1 aromatic heterocycles. The molecule has 0 aromatic carbocycles. The summed E-state index contributed by atoms with van der Waals surface area (Å²) >= 11 is 0. The van der Waals surface area contributed by atoms with Gasteiger partial charge in [-0.15, -0.1) is 0 Å². The molecule has 0 aliphatic heterocycles. The molecule has 2 unspecified atom stereocenters. The first-order valence-corrected chi connectivity index (χ1v) is 5.53. The summed E-state index contributed by atoms with van der Waals surface area (Å²) in [6.45, 7) is 1.91. The summed E-state index contributed by atoms with van der Waals surface area (Å²) in [5, 5.41) is 8.85. The van der Waals surface area contributed by atoms with Gasteiger partial charge in [-0.1, -0.05) is 0 Å². The minimum Gasteiger partial charge on any atom is -0.396 e. The maximum absolute atomic E-state index is 11.5. The van der Waals surface area contributed by atoms with Crippen molar-refractivity contribution in [2.45, 2.75) is 31.9 Å². The summed E-state index contributed by atoms with van der Waals surface area (Å²) < 4.78 is 6.65. The summed E-state index contributed by atoms with van der Waals surface area (Å²) in [5.41, 5.74) is -0.832. The van der Waals surface area contributed by atoms with Gasteiger partial charge in [-0.05, 0) is 19.8 Å². The Labute approximate surface area is 98.9 Å². The quantitative estimate of drug-likeness (QED) is 0.728. The number of aliphatic hydroxyl groups excluding tert-OH is 1. The molecule has 0 saturated carbocycles. The average molecular weight is 242 g/mol. The predicted octanol–water partition coefficient (Wildman–Crippen LogP) is -0.115. The Bertz CT molecular complexity index is 451. The van der Waals surface area contributed by atoms with Crippen LogP contribution in [0.1, 0.15) is 25.8 Å². The van der Waals surface area contributed by atoms with Gasteiger partial charge in [0.25, 0.3) is 5.56 Å². The molecule has 0 aliphatic rings. The topological polar surface area (TPSA) is 84.3 Å². The van der Waals surface area contributed by atoms with Gasteiger partial charge in [0, 0.05) is 32.0 Å². The number of aromatic nitrogens is 2. The van der Waals surface area contributed by atoms with Gasteiger partial charge in [-0.25, -0.2) is 4.79 Å². The van der Waals surface area contributed by atoms with Crippen LogP contribution in [-0.2, 0) is 4.74 Å². The molecule has 0 aliphatic carbocycles. The van der Waals surface area contributed by atoms with Gasteiger partial charge in [-0.2, -0.15) is 0 Å². The average Bonchev–Trinajstić information content (AvgIpc) is 2.28. The van der Waals surface area contributed by atoms with E-state index >= 15 is 0 Å². The Balaban J connectivity index is 2.78. The van der Waals surface area contributed by atoms with E-state index in [0.717, 1.165) is 0 Å². The molecule has 1 aromatic rings. The molecule has 0 saturated heterocycles. The van der Waals surface area contributed by atoms with Crippen molar-refractivity contribution in [3.63, 3.8) is 0 Å². The summed E-state index contributed by atoms with van der Waals surface area (Å²) in [6.07, 6.45) is 2.49. The molecule has 1 heterocycles. The Kier molecular flexibility index (Phi) is 5.11. The van der Waals surface area contributed by atoms with E-state index in [4.69, 9.17) is 9.84 Å². The summed E-state index contributed by atoms with van der Waals surface area (Å²) in [7, 11) is 1.57. The summed E-state index contributed by atoms with van der Waals surface area (Å²) in [4.78, 5) is 24.7. The second kappa shape index (κ2) is 6.36. The van der Waals surface area contributed by atoms with Crippen molar-refractivity contribution < 1.29 is 9.84 Å². The molecule has 0 fully saturated rings. The van der Waals surface area contributed by atoms with Crippen molar-refractivity contribution in [1.82, 2.24) is 9.55 Å². The minimum absolute atomic E-state index is 0.0474. The Morgan fingerprint density at radius 1 is 1.53 bits per heavy atom. The fraction of sp³-hybridized carbons (Fsp3) is 0.636. The molecule has 0 spiro atoms. The SMILES string of the molecule is COC(CCO)CC(C)n1ccc(=O)[nH]c1=O. The molecular formula is C11H18N2O4. The van der Waals surface area contributed by atoms with Crippen LogP contribution in [0.3, 0.4) is 0 Å². The van der Waals surface area contributed by atoms with Crippen molar-refractivity contribution >= 4 is 0 Å². The van der Waals surface area contributed by atoms with Crippen molar-refractivity contribution in [2.75, 3.05) is 13.7 Å². The molecule has 2 N–H and O–H groups in total. The molecule has 2 atom stereocenters. The third-order valence-corrected chi connectivity index (χ3v) is 2.71. The zero-order valence-corrected chi connectivity index (χ0v) is 10.0. The maximum atomic E-state index is 11.5. The van der Waals surface area contributed by atoms with Gasteiger partial charge in [-0.3, -0.25) is 14.3 Å². The highest BCUT2D eigenvalue weighted by Gasteiger charge is 2.14. The van der Waals surface area contributed by atoms with Gasteiger partial charge in [0.2, 0.25) is 0 Å². The molecule has 96 valence electrons. The summed E-state index contributed by atoms with van der Waals surface area (Å²) in [6, 6.07) is 1.21. The second-order valence-corrected chi connectivity index (χ2v) is 3.97. The normalized spacial score (nSPS) is 14.5. The van der Waals surface area contributed by atoms with E-state index in [1.165, 1.54) is 16.8 Å². The first-order valence-electron chi connectivity index (χ1n) is 5.53. The lowest BCUT2D eigenvalue weighted by Gasteiger charge is -2.20. The van der Waals surface area contributed by atoms with Gasteiger partial charge >= 0.3 is 5.69 Å². The van der Waals surface area contributed by atoms with Crippen molar-refractivity contribution in [3.8, 4) is 0 Å². The molecule has 0 amide bonds. The summed E-state index contributed by atoms with van der Waals surface area (Å²) in [5.74, 6) is 0. The molecule has 6 nitrogen and oxygen atoms in total. The number of rotatable bonds is 6. The van der Waals surface area contributed by atoms with E-state index in [1.807, 2.05) is 6.92 Å². The third-order valence-electron chi connectivity index (χ3n) is 2.71. The highest BCUT2D eigenvalue weighted by Crippen LogP contribution is 2.14. The van der Waals surface area contributed by atoms with Crippen molar-refractivity contribution in [2.24, 2.45) is 0 Å². The van der Waals surface area contributed by atoms with Crippen LogP contribution in [-0.4, -0.2) is 34.5 Å². The number of ether oxygens (including phenoxy) is 1. The van der Waals surface area contributed by atoms with Crippen LogP contribution < -0.4 is 11.2 Å². The van der Waals surface area contributed by atoms with Crippen LogP contribution in [0.25, 0.3) is 0 Å². The fourth-order valence-electron chi connectivity index (χ4n) is 1.74. The monoisotopic (exact) mass is 242 g/mol. The largest absolute Gasteiger partial charge is 0.396 e. The van der Waals surface area contributed by atoms with Crippen molar-refractivity contribution in [3.05, 3.63) is 33.1 Å². The molecular weight excluding hydrogens is 224 g/mol. The Morgan fingerprint density at radius 2 is 2.24 bits per heavy atom. The van der Waals surface area contributed by atoms with Crippen LogP contribution in [0.4, 0.5) is 0 Å². The van der Waals surface area contributed by atoms with E-state index in [2.05, 4.69) is 4.98 Å². The minimum atomic E-state index is -0.427. The van der Waals surface area contributed by atoms with Crippen LogP contribution in [0, 0.1) is 0 Å². The Morgan fingerprint density at radius 3 is 2.76 bits per heavy atom. The third kappa shape index (κ3) is 3.83. The highest BCUT2D eigenvalue weighted by atomic mass is 16.5. The molecule has 1 rings (SSSR count). The number of hydrogen-bond donors (Lipinski definition) is 2. The smallest absolute Gasteiger partial charge is 0.328 e. The number of H-pyrrole nitrogens is 1. The van der Waals surface area contributed by atoms with Crippen LogP contribution in [0.15, 0.2) is 21.9 Å². The molecule has 0 radical (unpaired) electrons. The van der Waals surface area contributed by atoms with E-state index in [9.17, 15) is 9.59 Å². The lowest BCUT2D eigenvalue weighted by molar-refractivity contribution is 0.0607. The number of aromatic amines is 1. The van der Waals surface area contributed by atoms with Gasteiger partial charge in [0.05, 0.1) is 6.10 Å². The number of nitrogens with one attached hydrogen (secondary N) is 1.